The molecule has 0 spiro atoms. The maximum absolute atomic E-state index is 11.7. The molecule has 5 atom stereocenters. The van der Waals surface area contributed by atoms with Crippen LogP contribution in [-0.4, -0.2) is 5.97 Å². The predicted octanol–water partition coefficient (Wildman–Crippen LogP) is 3.91. The molecular weight excluding hydrogens is 322 g/mol. The Labute approximate surface area is 154 Å². The normalized spacial score (nSPS) is 31.2. The van der Waals surface area contributed by atoms with Gasteiger partial charge in [0, 0.05) is 11.3 Å². The van der Waals surface area contributed by atoms with Gasteiger partial charge < -0.3 is 15.2 Å². The number of aryl methyl sites for hydroxylation is 1. The molecule has 2 fully saturated rings. The van der Waals surface area contributed by atoms with Gasteiger partial charge in [0.15, 0.2) is 0 Å². The first kappa shape index (κ1) is 15.9. The predicted molar refractivity (Wildman–Crippen MR) is 100 cm³/mol. The monoisotopic (exact) mass is 346 g/mol. The van der Waals surface area contributed by atoms with Crippen molar-refractivity contribution in [2.75, 3.05) is 5.32 Å². The average Bonchev–Trinajstić information content (AvgIpc) is 3.29. The fourth-order valence-electron chi connectivity index (χ4n) is 5.97. The van der Waals surface area contributed by atoms with Crippen LogP contribution in [0.4, 0.5) is 5.69 Å². The molecule has 26 heavy (non-hydrogen) atoms. The summed E-state index contributed by atoms with van der Waals surface area (Å²) in [7, 11) is 0. The molecule has 1 aliphatic heterocycles. The Kier molecular flexibility index (Phi) is 3.59. The zero-order chi connectivity index (χ0) is 17.8. The maximum Gasteiger partial charge on any atom is 0.0736 e. The van der Waals surface area contributed by atoms with Gasteiger partial charge >= 0.3 is 0 Å². The molecule has 1 N–H and O–H groups in total. The van der Waals surface area contributed by atoms with Crippen LogP contribution in [0.25, 0.3) is 0 Å². The standard InChI is InChI=1S/C23H25NO2/c1-2-13-6-8-14(9-7-13)21-20-16-11-10-15(12-16)19(20)17-4-3-5-18(23(25)26)22(17)24-21/h3-9,15-16,19-21,24H,2,10-12H2,1H3,(H,25,26)/p-1/t15-,16-,19-,20-,21-/m1/s1. The lowest BCUT2D eigenvalue weighted by atomic mass is 9.67. The molecule has 3 aliphatic rings. The summed E-state index contributed by atoms with van der Waals surface area (Å²) in [5.41, 5.74) is 4.92. The molecule has 2 aromatic carbocycles. The molecule has 5 rings (SSSR count). The highest BCUT2D eigenvalue weighted by molar-refractivity contribution is 5.94. The first-order valence-electron chi connectivity index (χ1n) is 9.87. The number of hydrogen-bond acceptors (Lipinski definition) is 3. The van der Waals surface area contributed by atoms with Crippen molar-refractivity contribution >= 4 is 11.7 Å². The lowest BCUT2D eigenvalue weighted by Crippen LogP contribution is -2.37. The number of para-hydroxylation sites is 1. The van der Waals surface area contributed by atoms with E-state index in [-0.39, 0.29) is 6.04 Å². The van der Waals surface area contributed by atoms with Gasteiger partial charge in [-0.3, -0.25) is 0 Å². The Morgan fingerprint density at radius 2 is 1.88 bits per heavy atom. The van der Waals surface area contributed by atoms with E-state index in [0.29, 0.717) is 23.3 Å². The number of fused-ring (bicyclic) bond motifs is 7. The summed E-state index contributed by atoms with van der Waals surface area (Å²) in [6.07, 6.45) is 4.91. The van der Waals surface area contributed by atoms with E-state index in [4.69, 9.17) is 0 Å². The van der Waals surface area contributed by atoms with Crippen LogP contribution in [0.15, 0.2) is 42.5 Å². The van der Waals surface area contributed by atoms with E-state index in [1.807, 2.05) is 6.07 Å². The third kappa shape index (κ3) is 2.22. The van der Waals surface area contributed by atoms with Gasteiger partial charge in [-0.2, -0.15) is 0 Å². The second-order valence-electron chi connectivity index (χ2n) is 8.21. The lowest BCUT2D eigenvalue weighted by Gasteiger charge is -2.44. The molecule has 2 bridgehead atoms. The summed E-state index contributed by atoms with van der Waals surface area (Å²) < 4.78 is 0. The zero-order valence-electron chi connectivity index (χ0n) is 15.1. The van der Waals surface area contributed by atoms with Gasteiger partial charge in [-0.25, -0.2) is 0 Å². The topological polar surface area (TPSA) is 52.2 Å². The van der Waals surface area contributed by atoms with Crippen LogP contribution < -0.4 is 10.4 Å². The smallest absolute Gasteiger partial charge is 0.0736 e. The lowest BCUT2D eigenvalue weighted by molar-refractivity contribution is -0.254. The molecule has 0 aromatic heterocycles. The summed E-state index contributed by atoms with van der Waals surface area (Å²) in [5, 5.41) is 15.3. The zero-order valence-corrected chi connectivity index (χ0v) is 15.1. The van der Waals surface area contributed by atoms with Crippen molar-refractivity contribution in [3.63, 3.8) is 0 Å². The minimum Gasteiger partial charge on any atom is -0.545 e. The van der Waals surface area contributed by atoms with Gasteiger partial charge in [-0.05, 0) is 66.0 Å². The highest BCUT2D eigenvalue weighted by Crippen LogP contribution is 2.63. The van der Waals surface area contributed by atoms with Gasteiger partial charge in [0.05, 0.1) is 12.0 Å². The van der Waals surface area contributed by atoms with Crippen LogP contribution >= 0.6 is 0 Å². The fraction of sp³-hybridized carbons (Fsp3) is 0.435. The number of anilines is 1. The largest absolute Gasteiger partial charge is 0.545 e. The number of rotatable bonds is 3. The van der Waals surface area contributed by atoms with Gasteiger partial charge in [-0.15, -0.1) is 0 Å². The van der Waals surface area contributed by atoms with E-state index in [9.17, 15) is 9.90 Å². The van der Waals surface area contributed by atoms with Crippen molar-refractivity contribution in [3.05, 3.63) is 64.7 Å². The van der Waals surface area contributed by atoms with Crippen molar-refractivity contribution in [3.8, 4) is 0 Å². The quantitative estimate of drug-likeness (QED) is 0.917. The number of carbonyl (C=O) groups excluding carboxylic acids is 1. The third-order valence-electron chi connectivity index (χ3n) is 7.09. The summed E-state index contributed by atoms with van der Waals surface area (Å²) in [6, 6.07) is 14.7. The molecule has 0 amide bonds. The van der Waals surface area contributed by atoms with Crippen LogP contribution in [0.1, 0.15) is 65.2 Å². The summed E-state index contributed by atoms with van der Waals surface area (Å²) >= 11 is 0. The fourth-order valence-corrected chi connectivity index (χ4v) is 5.97. The maximum atomic E-state index is 11.7. The number of carbonyl (C=O) groups is 1. The summed E-state index contributed by atoms with van der Waals surface area (Å²) in [5.74, 6) is 1.38. The van der Waals surface area contributed by atoms with E-state index >= 15 is 0 Å². The van der Waals surface area contributed by atoms with Crippen LogP contribution in [0.5, 0.6) is 0 Å². The van der Waals surface area contributed by atoms with Crippen molar-refractivity contribution in [1.29, 1.82) is 0 Å². The van der Waals surface area contributed by atoms with Crippen LogP contribution in [-0.2, 0) is 6.42 Å². The van der Waals surface area contributed by atoms with Gasteiger partial charge in [-0.1, -0.05) is 49.4 Å². The Morgan fingerprint density at radius 3 is 2.62 bits per heavy atom. The number of carboxylic acid groups (broad SMARTS) is 1. The Hall–Kier alpha value is -2.29. The minimum atomic E-state index is -1.09. The summed E-state index contributed by atoms with van der Waals surface area (Å²) in [6.45, 7) is 2.17. The Bertz CT molecular complexity index is 857. The minimum absolute atomic E-state index is 0.189. The number of carboxylic acids is 1. The van der Waals surface area contributed by atoms with E-state index in [0.717, 1.165) is 18.0 Å². The molecule has 2 saturated carbocycles. The molecular formula is C23H24NO2-. The second kappa shape index (κ2) is 5.87. The second-order valence-corrected chi connectivity index (χ2v) is 8.21. The summed E-state index contributed by atoms with van der Waals surface area (Å²) in [4.78, 5) is 11.7. The van der Waals surface area contributed by atoms with Crippen LogP contribution in [0.3, 0.4) is 0 Å². The molecule has 1 heterocycles. The number of nitrogens with one attached hydrogen (secondary N) is 1. The average molecular weight is 346 g/mol. The number of hydrogen-bond donors (Lipinski definition) is 1. The van der Waals surface area contributed by atoms with Crippen LogP contribution in [0.2, 0.25) is 0 Å². The number of aromatic carboxylic acids is 1. The van der Waals surface area contributed by atoms with Crippen molar-refractivity contribution in [2.45, 2.75) is 44.6 Å². The molecule has 0 radical (unpaired) electrons. The van der Waals surface area contributed by atoms with Crippen LogP contribution in [0, 0.1) is 17.8 Å². The Balaban J connectivity index is 1.64. The van der Waals surface area contributed by atoms with Gasteiger partial charge in [0.1, 0.15) is 0 Å². The molecule has 2 aliphatic carbocycles. The SMILES string of the molecule is CCc1ccc([C@H]2Nc3c(C(=O)[O-])cccc3[C@H]3[C@@H]4CC[C@H](C4)[C@H]32)cc1. The Morgan fingerprint density at radius 1 is 1.12 bits per heavy atom. The molecule has 2 aromatic rings. The molecule has 0 saturated heterocycles. The molecule has 3 nitrogen and oxygen atoms in total. The van der Waals surface area contributed by atoms with E-state index in [2.05, 4.69) is 42.6 Å². The highest BCUT2D eigenvalue weighted by atomic mass is 16.4. The highest BCUT2D eigenvalue weighted by Gasteiger charge is 2.54. The molecule has 134 valence electrons. The van der Waals surface area contributed by atoms with Crippen molar-refractivity contribution in [2.24, 2.45) is 17.8 Å². The van der Waals surface area contributed by atoms with E-state index in [1.54, 1.807) is 6.07 Å². The van der Waals surface area contributed by atoms with Gasteiger partial charge in [0.25, 0.3) is 0 Å². The first-order valence-corrected chi connectivity index (χ1v) is 9.87. The molecule has 0 unspecified atom stereocenters. The van der Waals surface area contributed by atoms with Crippen molar-refractivity contribution in [1.82, 2.24) is 0 Å². The van der Waals surface area contributed by atoms with Gasteiger partial charge in [0.2, 0.25) is 0 Å². The first-order chi connectivity index (χ1) is 12.7. The molecule has 3 heteroatoms. The van der Waals surface area contributed by atoms with E-state index in [1.165, 1.54) is 36.0 Å². The van der Waals surface area contributed by atoms with Crippen molar-refractivity contribution < 1.29 is 9.90 Å². The van der Waals surface area contributed by atoms with E-state index < -0.39 is 5.97 Å². The third-order valence-corrected chi connectivity index (χ3v) is 7.09. The number of benzene rings is 2.